The van der Waals surface area contributed by atoms with E-state index in [-0.39, 0.29) is 5.91 Å². The topological polar surface area (TPSA) is 46.3 Å². The third-order valence-corrected chi connectivity index (χ3v) is 3.62. The molecule has 0 atom stereocenters. The third kappa shape index (κ3) is 3.33. The van der Waals surface area contributed by atoms with Crippen molar-refractivity contribution in [1.82, 2.24) is 4.90 Å². The fourth-order valence-corrected chi connectivity index (χ4v) is 2.66. The Morgan fingerprint density at radius 1 is 1.28 bits per heavy atom. The molecule has 0 unspecified atom stereocenters. The van der Waals surface area contributed by atoms with Gasteiger partial charge in [-0.1, -0.05) is 25.1 Å². The van der Waals surface area contributed by atoms with Crippen LogP contribution in [0.2, 0.25) is 0 Å². The number of primary amides is 1. The highest BCUT2D eigenvalue weighted by atomic mass is 16.1. The van der Waals surface area contributed by atoms with Gasteiger partial charge in [-0.3, -0.25) is 9.69 Å². The molecule has 1 aromatic carbocycles. The lowest BCUT2D eigenvalue weighted by molar-refractivity contribution is -0.117. The van der Waals surface area contributed by atoms with Gasteiger partial charge in [0.05, 0.1) is 6.42 Å². The van der Waals surface area contributed by atoms with E-state index in [1.54, 1.807) is 0 Å². The van der Waals surface area contributed by atoms with Crippen LogP contribution in [0.15, 0.2) is 18.2 Å². The Morgan fingerprint density at radius 3 is 2.61 bits per heavy atom. The van der Waals surface area contributed by atoms with Crippen LogP contribution in [0.25, 0.3) is 0 Å². The Morgan fingerprint density at radius 2 is 2.00 bits per heavy atom. The molecule has 1 fully saturated rings. The number of likely N-dealkylation sites (tertiary alicyclic amines) is 1. The van der Waals surface area contributed by atoms with Crippen LogP contribution >= 0.6 is 0 Å². The van der Waals surface area contributed by atoms with E-state index in [1.165, 1.54) is 37.1 Å². The lowest BCUT2D eigenvalue weighted by atomic mass is 10.00. The van der Waals surface area contributed by atoms with Crippen molar-refractivity contribution in [2.75, 3.05) is 13.1 Å². The number of hydrogen-bond acceptors (Lipinski definition) is 2. The fourth-order valence-electron chi connectivity index (χ4n) is 2.66. The minimum absolute atomic E-state index is 0.260. The summed E-state index contributed by atoms with van der Waals surface area (Å²) in [7, 11) is 0. The van der Waals surface area contributed by atoms with Gasteiger partial charge < -0.3 is 5.73 Å². The number of nitrogens with zero attached hydrogens (tertiary/aromatic N) is 1. The highest BCUT2D eigenvalue weighted by Crippen LogP contribution is 2.18. The molecule has 0 aromatic heterocycles. The lowest BCUT2D eigenvalue weighted by Crippen LogP contribution is -2.19. The highest BCUT2D eigenvalue weighted by Gasteiger charge is 2.13. The summed E-state index contributed by atoms with van der Waals surface area (Å²) in [5, 5.41) is 0. The number of amides is 1. The second-order valence-electron chi connectivity index (χ2n) is 5.08. The maximum absolute atomic E-state index is 10.9. The van der Waals surface area contributed by atoms with Crippen LogP contribution in [0.4, 0.5) is 0 Å². The van der Waals surface area contributed by atoms with Crippen molar-refractivity contribution in [1.29, 1.82) is 0 Å². The number of carbonyl (C=O) groups excluding carboxylic acids is 1. The van der Waals surface area contributed by atoms with Crippen molar-refractivity contribution in [2.45, 2.75) is 39.2 Å². The van der Waals surface area contributed by atoms with Crippen LogP contribution in [0, 0.1) is 0 Å². The normalized spacial score (nSPS) is 16.1. The van der Waals surface area contributed by atoms with E-state index in [2.05, 4.69) is 24.0 Å². The molecule has 0 bridgehead atoms. The predicted molar refractivity (Wildman–Crippen MR) is 73.2 cm³/mol. The van der Waals surface area contributed by atoms with Gasteiger partial charge in [0.15, 0.2) is 0 Å². The molecule has 98 valence electrons. The summed E-state index contributed by atoms with van der Waals surface area (Å²) >= 11 is 0. The Bertz CT molecular complexity index is 423. The molecular formula is C15H22N2O. The molecule has 0 spiro atoms. The summed E-state index contributed by atoms with van der Waals surface area (Å²) in [6, 6.07) is 6.33. The van der Waals surface area contributed by atoms with Gasteiger partial charge in [0, 0.05) is 6.54 Å². The van der Waals surface area contributed by atoms with Gasteiger partial charge in [-0.05, 0) is 49.0 Å². The van der Waals surface area contributed by atoms with Crippen LogP contribution in [-0.2, 0) is 24.2 Å². The van der Waals surface area contributed by atoms with Gasteiger partial charge in [-0.2, -0.15) is 0 Å². The second kappa shape index (κ2) is 6.01. The first-order chi connectivity index (χ1) is 8.69. The van der Waals surface area contributed by atoms with E-state index in [0.29, 0.717) is 6.42 Å². The van der Waals surface area contributed by atoms with Crippen molar-refractivity contribution in [2.24, 2.45) is 5.73 Å². The molecule has 0 radical (unpaired) electrons. The molecule has 1 heterocycles. The predicted octanol–water partition coefficient (Wildman–Crippen LogP) is 1.87. The number of rotatable bonds is 5. The molecule has 3 nitrogen and oxygen atoms in total. The molecule has 0 saturated carbocycles. The minimum Gasteiger partial charge on any atom is -0.369 e. The summed E-state index contributed by atoms with van der Waals surface area (Å²) < 4.78 is 0. The zero-order chi connectivity index (χ0) is 13.0. The smallest absolute Gasteiger partial charge is 0.221 e. The summed E-state index contributed by atoms with van der Waals surface area (Å²) in [5.74, 6) is -0.260. The number of hydrogen-bond donors (Lipinski definition) is 1. The second-order valence-corrected chi connectivity index (χ2v) is 5.08. The molecule has 1 aliphatic rings. The first-order valence-electron chi connectivity index (χ1n) is 6.80. The maximum atomic E-state index is 10.9. The Kier molecular flexibility index (Phi) is 4.37. The molecule has 2 rings (SSSR count). The third-order valence-electron chi connectivity index (χ3n) is 3.62. The quantitative estimate of drug-likeness (QED) is 0.862. The first-order valence-corrected chi connectivity index (χ1v) is 6.80. The standard InChI is InChI=1S/C15H22N2O/c1-2-13-9-12(10-15(16)18)5-6-14(13)11-17-7-3-4-8-17/h5-6,9H,2-4,7-8,10-11H2,1H3,(H2,16,18). The van der Waals surface area contributed by atoms with Crippen molar-refractivity contribution in [3.8, 4) is 0 Å². The Balaban J connectivity index is 2.11. The average molecular weight is 246 g/mol. The zero-order valence-corrected chi connectivity index (χ0v) is 11.1. The molecular weight excluding hydrogens is 224 g/mol. The first kappa shape index (κ1) is 13.1. The van der Waals surface area contributed by atoms with Gasteiger partial charge in [0.1, 0.15) is 0 Å². The van der Waals surface area contributed by atoms with Crippen LogP contribution in [-0.4, -0.2) is 23.9 Å². The van der Waals surface area contributed by atoms with E-state index < -0.39 is 0 Å². The minimum atomic E-state index is -0.260. The SMILES string of the molecule is CCc1cc(CC(N)=O)ccc1CN1CCCC1. The molecule has 0 aliphatic carbocycles. The van der Waals surface area contributed by atoms with Crippen LogP contribution < -0.4 is 5.73 Å². The number of nitrogens with two attached hydrogens (primary N) is 1. The Labute approximate surface area is 109 Å². The molecule has 18 heavy (non-hydrogen) atoms. The van der Waals surface area contributed by atoms with Crippen molar-refractivity contribution < 1.29 is 4.79 Å². The number of benzene rings is 1. The van der Waals surface area contributed by atoms with Crippen LogP contribution in [0.5, 0.6) is 0 Å². The van der Waals surface area contributed by atoms with Crippen molar-refractivity contribution >= 4 is 5.91 Å². The molecule has 2 N–H and O–H groups in total. The van der Waals surface area contributed by atoms with Crippen LogP contribution in [0.1, 0.15) is 36.5 Å². The maximum Gasteiger partial charge on any atom is 0.221 e. The summed E-state index contributed by atoms with van der Waals surface area (Å²) in [5.41, 5.74) is 9.01. The summed E-state index contributed by atoms with van der Waals surface area (Å²) in [6.07, 6.45) is 4.00. The largest absolute Gasteiger partial charge is 0.369 e. The molecule has 1 aromatic rings. The molecule has 1 aliphatic heterocycles. The van der Waals surface area contributed by atoms with Crippen LogP contribution in [0.3, 0.4) is 0 Å². The van der Waals surface area contributed by atoms with E-state index in [9.17, 15) is 4.79 Å². The van der Waals surface area contributed by atoms with Crippen molar-refractivity contribution in [3.05, 3.63) is 34.9 Å². The fraction of sp³-hybridized carbons (Fsp3) is 0.533. The Hall–Kier alpha value is -1.35. The van der Waals surface area contributed by atoms with Gasteiger partial charge in [-0.15, -0.1) is 0 Å². The van der Waals surface area contributed by atoms with E-state index in [4.69, 9.17) is 5.73 Å². The summed E-state index contributed by atoms with van der Waals surface area (Å²) in [6.45, 7) is 5.63. The average Bonchev–Trinajstić information content (AvgIpc) is 2.83. The van der Waals surface area contributed by atoms with Gasteiger partial charge >= 0.3 is 0 Å². The van der Waals surface area contributed by atoms with E-state index in [0.717, 1.165) is 18.5 Å². The van der Waals surface area contributed by atoms with Gasteiger partial charge in [0.2, 0.25) is 5.91 Å². The lowest BCUT2D eigenvalue weighted by Gasteiger charge is -2.17. The van der Waals surface area contributed by atoms with E-state index >= 15 is 0 Å². The van der Waals surface area contributed by atoms with E-state index in [1.807, 2.05) is 6.07 Å². The summed E-state index contributed by atoms with van der Waals surface area (Å²) in [4.78, 5) is 13.4. The van der Waals surface area contributed by atoms with Gasteiger partial charge in [0.25, 0.3) is 0 Å². The molecule has 3 heteroatoms. The van der Waals surface area contributed by atoms with Gasteiger partial charge in [-0.25, -0.2) is 0 Å². The molecule has 1 saturated heterocycles. The zero-order valence-electron chi connectivity index (χ0n) is 11.1. The number of aryl methyl sites for hydroxylation is 1. The van der Waals surface area contributed by atoms with Crippen molar-refractivity contribution in [3.63, 3.8) is 0 Å². The highest BCUT2D eigenvalue weighted by molar-refractivity contribution is 5.76. The monoisotopic (exact) mass is 246 g/mol. The number of carbonyl (C=O) groups is 1. The molecule has 1 amide bonds.